The van der Waals surface area contributed by atoms with Crippen molar-refractivity contribution >= 4 is 17.7 Å². The van der Waals surface area contributed by atoms with Crippen molar-refractivity contribution in [1.29, 1.82) is 0 Å². The van der Waals surface area contributed by atoms with E-state index >= 15 is 0 Å². The predicted octanol–water partition coefficient (Wildman–Crippen LogP) is 1.95. The summed E-state index contributed by atoms with van der Waals surface area (Å²) in [5.74, 6) is -1.65. The van der Waals surface area contributed by atoms with Gasteiger partial charge in [0.05, 0.1) is 5.92 Å². The highest BCUT2D eigenvalue weighted by atomic mass is 16.6. The maximum atomic E-state index is 11.5. The Morgan fingerprint density at radius 3 is 2.76 bits per heavy atom. The molecule has 0 aromatic rings. The first-order valence-electron chi connectivity index (χ1n) is 7.30. The zero-order valence-corrected chi connectivity index (χ0v) is 12.9. The van der Waals surface area contributed by atoms with Gasteiger partial charge in [0.1, 0.15) is 18.3 Å². The average molecular weight is 300 g/mol. The molecule has 1 heterocycles. The van der Waals surface area contributed by atoms with Gasteiger partial charge in [-0.25, -0.2) is 0 Å². The van der Waals surface area contributed by atoms with Gasteiger partial charge in [0, 0.05) is 13.3 Å². The SMILES string of the molecule is CC(=O)O[C@@H]1CCC(=O)CO[C@@]1(C)CCC[C@@H](C)C(=O)O. The van der Waals surface area contributed by atoms with Gasteiger partial charge in [-0.3, -0.25) is 14.4 Å². The van der Waals surface area contributed by atoms with E-state index in [-0.39, 0.29) is 12.4 Å². The Bertz CT molecular complexity index is 405. The molecule has 6 nitrogen and oxygen atoms in total. The molecule has 0 bridgehead atoms. The van der Waals surface area contributed by atoms with Crippen LogP contribution >= 0.6 is 0 Å². The number of esters is 1. The number of ether oxygens (including phenoxy) is 2. The Morgan fingerprint density at radius 1 is 1.52 bits per heavy atom. The van der Waals surface area contributed by atoms with E-state index in [4.69, 9.17) is 14.6 Å². The van der Waals surface area contributed by atoms with Crippen LogP contribution in [-0.4, -0.2) is 41.1 Å². The van der Waals surface area contributed by atoms with Crippen molar-refractivity contribution < 1.29 is 29.0 Å². The molecule has 1 rings (SSSR count). The molecule has 1 saturated heterocycles. The first-order chi connectivity index (χ1) is 9.74. The van der Waals surface area contributed by atoms with E-state index in [0.29, 0.717) is 32.1 Å². The molecule has 1 aliphatic rings. The molecule has 0 spiro atoms. The third-order valence-electron chi connectivity index (χ3n) is 3.97. The Morgan fingerprint density at radius 2 is 2.19 bits per heavy atom. The summed E-state index contributed by atoms with van der Waals surface area (Å²) >= 11 is 0. The van der Waals surface area contributed by atoms with Crippen molar-refractivity contribution in [2.24, 2.45) is 5.92 Å². The van der Waals surface area contributed by atoms with Gasteiger partial charge in [-0.1, -0.05) is 6.92 Å². The molecule has 1 N–H and O–H groups in total. The molecule has 0 saturated carbocycles. The number of rotatable bonds is 6. The van der Waals surface area contributed by atoms with Crippen molar-refractivity contribution in [3.05, 3.63) is 0 Å². The fourth-order valence-electron chi connectivity index (χ4n) is 2.51. The zero-order chi connectivity index (χ0) is 16.0. The second kappa shape index (κ2) is 7.54. The number of ketones is 1. The lowest BCUT2D eigenvalue weighted by Gasteiger charge is -2.35. The van der Waals surface area contributed by atoms with Crippen LogP contribution in [0.3, 0.4) is 0 Å². The summed E-state index contributed by atoms with van der Waals surface area (Å²) in [5, 5.41) is 8.89. The number of hydrogen-bond acceptors (Lipinski definition) is 5. The van der Waals surface area contributed by atoms with E-state index in [0.717, 1.165) is 0 Å². The summed E-state index contributed by atoms with van der Waals surface area (Å²) in [5.41, 5.74) is -0.740. The molecule has 0 radical (unpaired) electrons. The highest BCUT2D eigenvalue weighted by molar-refractivity contribution is 5.80. The minimum atomic E-state index is -0.825. The lowest BCUT2D eigenvalue weighted by molar-refractivity contribution is -0.168. The van der Waals surface area contributed by atoms with Crippen LogP contribution in [-0.2, 0) is 23.9 Å². The molecule has 120 valence electrons. The number of hydrogen-bond donors (Lipinski definition) is 1. The highest BCUT2D eigenvalue weighted by Gasteiger charge is 2.40. The minimum absolute atomic E-state index is 0.00483. The van der Waals surface area contributed by atoms with Crippen molar-refractivity contribution in [3.63, 3.8) is 0 Å². The summed E-state index contributed by atoms with van der Waals surface area (Å²) < 4.78 is 11.0. The molecular weight excluding hydrogens is 276 g/mol. The number of aliphatic carboxylic acids is 1. The summed E-state index contributed by atoms with van der Waals surface area (Å²) in [4.78, 5) is 33.6. The first-order valence-corrected chi connectivity index (χ1v) is 7.30. The van der Waals surface area contributed by atoms with Crippen LogP contribution in [0.15, 0.2) is 0 Å². The normalized spacial score (nSPS) is 27.8. The van der Waals surface area contributed by atoms with Crippen molar-refractivity contribution in [1.82, 2.24) is 0 Å². The Balaban J connectivity index is 2.67. The van der Waals surface area contributed by atoms with Crippen molar-refractivity contribution in [2.75, 3.05) is 6.61 Å². The average Bonchev–Trinajstić information content (AvgIpc) is 2.52. The molecule has 0 aliphatic carbocycles. The van der Waals surface area contributed by atoms with Crippen LogP contribution in [0.2, 0.25) is 0 Å². The second-order valence-electron chi connectivity index (χ2n) is 5.91. The molecule has 0 aromatic heterocycles. The topological polar surface area (TPSA) is 89.9 Å². The molecule has 0 amide bonds. The van der Waals surface area contributed by atoms with Gasteiger partial charge in [-0.2, -0.15) is 0 Å². The summed E-state index contributed by atoms with van der Waals surface area (Å²) in [6.07, 6.45) is 2.02. The maximum Gasteiger partial charge on any atom is 0.306 e. The zero-order valence-electron chi connectivity index (χ0n) is 12.9. The number of carboxylic acid groups (broad SMARTS) is 1. The van der Waals surface area contributed by atoms with Gasteiger partial charge in [0.2, 0.25) is 0 Å². The van der Waals surface area contributed by atoms with E-state index in [1.54, 1.807) is 6.92 Å². The molecule has 0 aromatic carbocycles. The van der Waals surface area contributed by atoms with Gasteiger partial charge in [-0.15, -0.1) is 0 Å². The monoisotopic (exact) mass is 300 g/mol. The molecule has 6 heteroatoms. The smallest absolute Gasteiger partial charge is 0.306 e. The van der Waals surface area contributed by atoms with Crippen LogP contribution in [0, 0.1) is 5.92 Å². The lowest BCUT2D eigenvalue weighted by Crippen LogP contribution is -2.44. The van der Waals surface area contributed by atoms with Crippen LogP contribution in [0.4, 0.5) is 0 Å². The molecule has 21 heavy (non-hydrogen) atoms. The fraction of sp³-hybridized carbons (Fsp3) is 0.800. The Hall–Kier alpha value is -1.43. The highest BCUT2D eigenvalue weighted by Crippen LogP contribution is 2.31. The van der Waals surface area contributed by atoms with Crippen molar-refractivity contribution in [2.45, 2.75) is 64.6 Å². The molecule has 3 atom stereocenters. The van der Waals surface area contributed by atoms with E-state index in [1.165, 1.54) is 6.92 Å². The fourth-order valence-corrected chi connectivity index (χ4v) is 2.51. The molecular formula is C15H24O6. The van der Waals surface area contributed by atoms with E-state index in [1.807, 2.05) is 6.92 Å². The lowest BCUT2D eigenvalue weighted by atomic mass is 9.88. The number of carbonyl (C=O) groups excluding carboxylic acids is 2. The van der Waals surface area contributed by atoms with E-state index in [9.17, 15) is 14.4 Å². The summed E-state index contributed by atoms with van der Waals surface area (Å²) in [7, 11) is 0. The van der Waals surface area contributed by atoms with E-state index in [2.05, 4.69) is 0 Å². The number of carboxylic acids is 1. The Labute approximate surface area is 124 Å². The third kappa shape index (κ3) is 5.46. The summed E-state index contributed by atoms with van der Waals surface area (Å²) in [6.45, 7) is 4.83. The first kappa shape index (κ1) is 17.6. The van der Waals surface area contributed by atoms with Crippen LogP contribution < -0.4 is 0 Å². The minimum Gasteiger partial charge on any atom is -0.481 e. The van der Waals surface area contributed by atoms with Crippen LogP contribution in [0.5, 0.6) is 0 Å². The molecule has 0 unspecified atom stereocenters. The Kier molecular flexibility index (Phi) is 6.33. The van der Waals surface area contributed by atoms with Crippen LogP contribution in [0.25, 0.3) is 0 Å². The summed E-state index contributed by atoms with van der Waals surface area (Å²) in [6, 6.07) is 0. The maximum absolute atomic E-state index is 11.5. The largest absolute Gasteiger partial charge is 0.481 e. The number of carbonyl (C=O) groups is 3. The van der Waals surface area contributed by atoms with Gasteiger partial charge in [-0.05, 0) is 32.6 Å². The van der Waals surface area contributed by atoms with Crippen molar-refractivity contribution in [3.8, 4) is 0 Å². The van der Waals surface area contributed by atoms with E-state index < -0.39 is 29.6 Å². The molecule has 1 aliphatic heterocycles. The van der Waals surface area contributed by atoms with Gasteiger partial charge < -0.3 is 14.6 Å². The number of Topliss-reactive ketones (excluding diaryl/α,β-unsaturated/α-hetero) is 1. The standard InChI is InChI=1S/C15H24O6/c1-10(14(18)19)5-4-8-15(3)13(21-11(2)16)7-6-12(17)9-20-15/h10,13H,4-9H2,1-3H3,(H,18,19)/t10-,13-,15+/m1/s1. The van der Waals surface area contributed by atoms with Gasteiger partial charge >= 0.3 is 11.9 Å². The second-order valence-corrected chi connectivity index (χ2v) is 5.91. The quantitative estimate of drug-likeness (QED) is 0.754. The predicted molar refractivity (Wildman–Crippen MR) is 74.8 cm³/mol. The third-order valence-corrected chi connectivity index (χ3v) is 3.97. The van der Waals surface area contributed by atoms with Crippen LogP contribution in [0.1, 0.15) is 52.9 Å². The molecule has 1 fully saturated rings. The van der Waals surface area contributed by atoms with Gasteiger partial charge in [0.15, 0.2) is 5.78 Å². The van der Waals surface area contributed by atoms with Gasteiger partial charge in [0.25, 0.3) is 0 Å².